The van der Waals surface area contributed by atoms with Gasteiger partial charge in [0.1, 0.15) is 0 Å². The third-order valence-corrected chi connectivity index (χ3v) is 3.53. The van der Waals surface area contributed by atoms with Gasteiger partial charge in [-0.05, 0) is 38.0 Å². The lowest BCUT2D eigenvalue weighted by molar-refractivity contribution is -0.125. The summed E-state index contributed by atoms with van der Waals surface area (Å²) in [6.07, 6.45) is 6.99. The first-order valence-electron chi connectivity index (χ1n) is 6.43. The highest BCUT2D eigenvalue weighted by molar-refractivity contribution is 5.78. The van der Waals surface area contributed by atoms with Crippen LogP contribution in [-0.4, -0.2) is 11.9 Å². The summed E-state index contributed by atoms with van der Waals surface area (Å²) >= 11 is 0. The number of hydrogen-bond acceptors (Lipinski definition) is 1. The van der Waals surface area contributed by atoms with Crippen molar-refractivity contribution in [2.45, 2.75) is 65.3 Å². The summed E-state index contributed by atoms with van der Waals surface area (Å²) in [6, 6.07) is 0.452. The van der Waals surface area contributed by atoms with E-state index in [9.17, 15) is 4.79 Å². The lowest BCUT2D eigenvalue weighted by Gasteiger charge is -2.27. The Labute approximate surface area is 93.8 Å². The zero-order valence-electron chi connectivity index (χ0n) is 10.4. The Hall–Kier alpha value is -0.530. The average Bonchev–Trinajstić information content (AvgIpc) is 2.22. The van der Waals surface area contributed by atoms with Crippen LogP contribution in [0.15, 0.2) is 0 Å². The number of rotatable bonds is 4. The molecule has 0 aromatic heterocycles. The molecule has 1 aliphatic carbocycles. The van der Waals surface area contributed by atoms with Gasteiger partial charge in [0.2, 0.25) is 5.91 Å². The molecular formula is C13H25NO. The van der Waals surface area contributed by atoms with E-state index >= 15 is 0 Å². The van der Waals surface area contributed by atoms with Crippen LogP contribution in [0, 0.1) is 11.8 Å². The quantitative estimate of drug-likeness (QED) is 0.760. The molecule has 0 saturated heterocycles. The van der Waals surface area contributed by atoms with Crippen LogP contribution in [0.1, 0.15) is 59.3 Å². The SMILES string of the molecule is CCCC(C)C(=O)NC1CCC(C)CC1. The summed E-state index contributed by atoms with van der Waals surface area (Å²) in [5.74, 6) is 1.30. The molecule has 0 spiro atoms. The van der Waals surface area contributed by atoms with Crippen molar-refractivity contribution in [2.24, 2.45) is 11.8 Å². The molecular weight excluding hydrogens is 186 g/mol. The molecule has 1 atom stereocenters. The smallest absolute Gasteiger partial charge is 0.223 e. The van der Waals surface area contributed by atoms with E-state index in [1.165, 1.54) is 25.7 Å². The van der Waals surface area contributed by atoms with Gasteiger partial charge in [-0.2, -0.15) is 0 Å². The molecule has 0 aliphatic heterocycles. The van der Waals surface area contributed by atoms with E-state index < -0.39 is 0 Å². The van der Waals surface area contributed by atoms with Crippen LogP contribution in [0.3, 0.4) is 0 Å². The van der Waals surface area contributed by atoms with Crippen molar-refractivity contribution in [1.82, 2.24) is 5.32 Å². The van der Waals surface area contributed by atoms with Crippen LogP contribution in [0.25, 0.3) is 0 Å². The number of carbonyl (C=O) groups excluding carboxylic acids is 1. The van der Waals surface area contributed by atoms with Gasteiger partial charge in [-0.1, -0.05) is 27.2 Å². The van der Waals surface area contributed by atoms with E-state index in [-0.39, 0.29) is 11.8 Å². The molecule has 15 heavy (non-hydrogen) atoms. The van der Waals surface area contributed by atoms with Gasteiger partial charge in [0.25, 0.3) is 0 Å². The molecule has 0 heterocycles. The van der Waals surface area contributed by atoms with Crippen LogP contribution >= 0.6 is 0 Å². The van der Waals surface area contributed by atoms with Crippen LogP contribution < -0.4 is 5.32 Å². The Morgan fingerprint density at radius 3 is 2.47 bits per heavy atom. The van der Waals surface area contributed by atoms with Gasteiger partial charge in [0.15, 0.2) is 0 Å². The maximum atomic E-state index is 11.8. The van der Waals surface area contributed by atoms with Crippen LogP contribution in [-0.2, 0) is 4.79 Å². The fourth-order valence-electron chi connectivity index (χ4n) is 2.31. The van der Waals surface area contributed by atoms with Gasteiger partial charge in [-0.3, -0.25) is 4.79 Å². The van der Waals surface area contributed by atoms with Crippen molar-refractivity contribution in [3.05, 3.63) is 0 Å². The molecule has 2 nitrogen and oxygen atoms in total. The van der Waals surface area contributed by atoms with Crippen molar-refractivity contribution in [2.75, 3.05) is 0 Å². The Balaban J connectivity index is 2.25. The minimum atomic E-state index is 0.189. The van der Waals surface area contributed by atoms with E-state index in [4.69, 9.17) is 0 Å². The molecule has 1 amide bonds. The third kappa shape index (κ3) is 4.23. The lowest BCUT2D eigenvalue weighted by Crippen LogP contribution is -2.40. The molecule has 1 N–H and O–H groups in total. The molecule has 0 aromatic carbocycles. The van der Waals surface area contributed by atoms with Gasteiger partial charge in [-0.25, -0.2) is 0 Å². The third-order valence-electron chi connectivity index (χ3n) is 3.53. The van der Waals surface area contributed by atoms with Gasteiger partial charge in [0.05, 0.1) is 0 Å². The summed E-state index contributed by atoms with van der Waals surface area (Å²) in [4.78, 5) is 11.8. The minimum absolute atomic E-state index is 0.189. The molecule has 0 bridgehead atoms. The Kier molecular flexibility index (Phi) is 5.13. The fraction of sp³-hybridized carbons (Fsp3) is 0.923. The largest absolute Gasteiger partial charge is 0.353 e. The Morgan fingerprint density at radius 1 is 1.33 bits per heavy atom. The number of amides is 1. The number of carbonyl (C=O) groups is 1. The molecule has 88 valence electrons. The summed E-state index contributed by atoms with van der Waals surface area (Å²) in [7, 11) is 0. The predicted molar refractivity (Wildman–Crippen MR) is 63.6 cm³/mol. The van der Waals surface area contributed by atoms with Crippen molar-refractivity contribution in [1.29, 1.82) is 0 Å². The Morgan fingerprint density at radius 2 is 1.93 bits per heavy atom. The zero-order valence-corrected chi connectivity index (χ0v) is 10.4. The number of nitrogens with one attached hydrogen (secondary N) is 1. The van der Waals surface area contributed by atoms with E-state index in [0.29, 0.717) is 6.04 Å². The summed E-state index contributed by atoms with van der Waals surface area (Å²) in [5.41, 5.74) is 0. The van der Waals surface area contributed by atoms with Crippen molar-refractivity contribution in [3.63, 3.8) is 0 Å². The van der Waals surface area contributed by atoms with Crippen molar-refractivity contribution in [3.8, 4) is 0 Å². The number of hydrogen-bond donors (Lipinski definition) is 1. The average molecular weight is 211 g/mol. The van der Waals surface area contributed by atoms with Crippen molar-refractivity contribution >= 4 is 5.91 Å². The van der Waals surface area contributed by atoms with Gasteiger partial charge < -0.3 is 5.32 Å². The topological polar surface area (TPSA) is 29.1 Å². The molecule has 2 heteroatoms. The highest BCUT2D eigenvalue weighted by Crippen LogP contribution is 2.23. The highest BCUT2D eigenvalue weighted by Gasteiger charge is 2.21. The molecule has 1 fully saturated rings. The second-order valence-corrected chi connectivity index (χ2v) is 5.16. The molecule has 0 radical (unpaired) electrons. The summed E-state index contributed by atoms with van der Waals surface area (Å²) < 4.78 is 0. The zero-order chi connectivity index (χ0) is 11.3. The molecule has 1 rings (SSSR count). The first kappa shape index (κ1) is 12.5. The van der Waals surface area contributed by atoms with E-state index in [1.54, 1.807) is 0 Å². The normalized spacial score (nSPS) is 28.5. The van der Waals surface area contributed by atoms with E-state index in [2.05, 4.69) is 19.2 Å². The van der Waals surface area contributed by atoms with Gasteiger partial charge in [0, 0.05) is 12.0 Å². The van der Waals surface area contributed by atoms with E-state index in [1.807, 2.05) is 6.92 Å². The van der Waals surface area contributed by atoms with Gasteiger partial charge >= 0.3 is 0 Å². The fourth-order valence-corrected chi connectivity index (χ4v) is 2.31. The van der Waals surface area contributed by atoms with Crippen LogP contribution in [0.5, 0.6) is 0 Å². The molecule has 1 saturated carbocycles. The monoisotopic (exact) mass is 211 g/mol. The van der Waals surface area contributed by atoms with E-state index in [0.717, 1.165) is 18.8 Å². The maximum Gasteiger partial charge on any atom is 0.223 e. The first-order chi connectivity index (χ1) is 7.13. The highest BCUT2D eigenvalue weighted by atomic mass is 16.1. The lowest BCUT2D eigenvalue weighted by atomic mass is 9.87. The molecule has 0 aromatic rings. The standard InChI is InChI=1S/C13H25NO/c1-4-5-11(3)13(15)14-12-8-6-10(2)7-9-12/h10-12H,4-9H2,1-3H3,(H,14,15). The molecule has 1 aliphatic rings. The van der Waals surface area contributed by atoms with Crippen LogP contribution in [0.2, 0.25) is 0 Å². The predicted octanol–water partition coefficient (Wildman–Crippen LogP) is 3.12. The van der Waals surface area contributed by atoms with Crippen molar-refractivity contribution < 1.29 is 4.79 Å². The maximum absolute atomic E-state index is 11.8. The van der Waals surface area contributed by atoms with Crippen LogP contribution in [0.4, 0.5) is 0 Å². The second-order valence-electron chi connectivity index (χ2n) is 5.16. The second kappa shape index (κ2) is 6.14. The summed E-state index contributed by atoms with van der Waals surface area (Å²) in [6.45, 7) is 6.47. The first-order valence-corrected chi connectivity index (χ1v) is 6.43. The Bertz CT molecular complexity index is 195. The van der Waals surface area contributed by atoms with Gasteiger partial charge in [-0.15, -0.1) is 0 Å². The summed E-state index contributed by atoms with van der Waals surface area (Å²) in [5, 5.41) is 3.19. The molecule has 1 unspecified atom stereocenters. The minimum Gasteiger partial charge on any atom is -0.353 e.